The SMILES string of the molecule is CCNC(=NCCCc1nc2ccccc2[nH]1)N1CC(C)(C)C1(C)C.I. The molecule has 1 aliphatic heterocycles. The second-order valence-electron chi connectivity index (χ2n) is 8.07. The quantitative estimate of drug-likeness (QED) is 0.299. The summed E-state index contributed by atoms with van der Waals surface area (Å²) in [5, 5.41) is 3.45. The third kappa shape index (κ3) is 4.00. The Morgan fingerprint density at radius 3 is 2.62 bits per heavy atom. The zero-order chi connectivity index (χ0) is 18.1. The van der Waals surface area contributed by atoms with Gasteiger partial charge in [0.1, 0.15) is 5.82 Å². The summed E-state index contributed by atoms with van der Waals surface area (Å²) in [6.07, 6.45) is 1.92. The van der Waals surface area contributed by atoms with Gasteiger partial charge in [-0.3, -0.25) is 4.99 Å². The van der Waals surface area contributed by atoms with Crippen LogP contribution in [-0.2, 0) is 6.42 Å². The number of aromatic amines is 1. The van der Waals surface area contributed by atoms with E-state index in [1.165, 1.54) is 0 Å². The summed E-state index contributed by atoms with van der Waals surface area (Å²) in [6, 6.07) is 8.18. The Kier molecular flexibility index (Phi) is 6.58. The predicted molar refractivity (Wildman–Crippen MR) is 120 cm³/mol. The predicted octanol–water partition coefficient (Wildman–Crippen LogP) is 4.20. The van der Waals surface area contributed by atoms with E-state index in [-0.39, 0.29) is 29.5 Å². The van der Waals surface area contributed by atoms with Crippen LogP contribution >= 0.6 is 24.0 Å². The summed E-state index contributed by atoms with van der Waals surface area (Å²) in [5.74, 6) is 2.09. The van der Waals surface area contributed by atoms with Crippen LogP contribution in [0.25, 0.3) is 11.0 Å². The van der Waals surface area contributed by atoms with Crippen molar-refractivity contribution in [1.29, 1.82) is 0 Å². The highest BCUT2D eigenvalue weighted by Crippen LogP contribution is 2.46. The van der Waals surface area contributed by atoms with E-state index in [1.807, 2.05) is 18.2 Å². The van der Waals surface area contributed by atoms with E-state index in [2.05, 4.69) is 60.9 Å². The number of aryl methyl sites for hydroxylation is 1. The number of H-pyrrole nitrogens is 1. The van der Waals surface area contributed by atoms with Gasteiger partial charge in [0.25, 0.3) is 0 Å². The largest absolute Gasteiger partial charge is 0.356 e. The topological polar surface area (TPSA) is 56.3 Å². The number of fused-ring (bicyclic) bond motifs is 1. The van der Waals surface area contributed by atoms with Crippen LogP contribution in [0.1, 0.15) is 46.9 Å². The smallest absolute Gasteiger partial charge is 0.194 e. The molecule has 1 fully saturated rings. The summed E-state index contributed by atoms with van der Waals surface area (Å²) in [5.41, 5.74) is 2.60. The molecule has 0 aliphatic carbocycles. The molecule has 5 nitrogen and oxygen atoms in total. The number of hydrogen-bond donors (Lipinski definition) is 2. The van der Waals surface area contributed by atoms with Crippen LogP contribution in [-0.4, -0.2) is 46.0 Å². The molecule has 0 atom stereocenters. The highest BCUT2D eigenvalue weighted by Gasteiger charge is 2.53. The summed E-state index contributed by atoms with van der Waals surface area (Å²) in [6.45, 7) is 14.2. The van der Waals surface area contributed by atoms with E-state index in [0.29, 0.717) is 5.41 Å². The number of nitrogens with one attached hydrogen (secondary N) is 2. The number of aromatic nitrogens is 2. The van der Waals surface area contributed by atoms with E-state index < -0.39 is 0 Å². The lowest BCUT2D eigenvalue weighted by molar-refractivity contribution is -0.0667. The molecule has 0 amide bonds. The Labute approximate surface area is 174 Å². The number of aliphatic imine (C=N–C) groups is 1. The average molecular weight is 469 g/mol. The molecule has 0 radical (unpaired) electrons. The number of guanidine groups is 1. The average Bonchev–Trinajstić information content (AvgIpc) is 2.98. The summed E-state index contributed by atoms with van der Waals surface area (Å²) in [4.78, 5) is 15.3. The zero-order valence-electron chi connectivity index (χ0n) is 16.6. The lowest BCUT2D eigenvalue weighted by atomic mass is 9.65. The normalized spacial score (nSPS) is 18.3. The van der Waals surface area contributed by atoms with Gasteiger partial charge in [0.15, 0.2) is 5.96 Å². The first kappa shape index (κ1) is 21.0. The number of para-hydroxylation sites is 2. The summed E-state index contributed by atoms with van der Waals surface area (Å²) in [7, 11) is 0. The number of rotatable bonds is 5. The molecule has 2 aromatic rings. The molecule has 0 saturated carbocycles. The fourth-order valence-electron chi connectivity index (χ4n) is 3.35. The monoisotopic (exact) mass is 469 g/mol. The Morgan fingerprint density at radius 2 is 2.00 bits per heavy atom. The molecule has 1 aromatic heterocycles. The van der Waals surface area contributed by atoms with Crippen LogP contribution in [0.5, 0.6) is 0 Å². The number of imidazole rings is 1. The third-order valence-electron chi connectivity index (χ3n) is 5.75. The van der Waals surface area contributed by atoms with Gasteiger partial charge in [0.2, 0.25) is 0 Å². The van der Waals surface area contributed by atoms with Gasteiger partial charge in [-0.1, -0.05) is 26.0 Å². The summed E-state index contributed by atoms with van der Waals surface area (Å²) < 4.78 is 0. The van der Waals surface area contributed by atoms with E-state index >= 15 is 0 Å². The maximum absolute atomic E-state index is 4.86. The van der Waals surface area contributed by atoms with Crippen molar-refractivity contribution in [3.8, 4) is 0 Å². The van der Waals surface area contributed by atoms with Gasteiger partial charge in [0, 0.05) is 37.0 Å². The zero-order valence-corrected chi connectivity index (χ0v) is 18.9. The van der Waals surface area contributed by atoms with Crippen molar-refractivity contribution < 1.29 is 0 Å². The van der Waals surface area contributed by atoms with Gasteiger partial charge in [-0.05, 0) is 39.3 Å². The van der Waals surface area contributed by atoms with E-state index in [9.17, 15) is 0 Å². The van der Waals surface area contributed by atoms with Crippen LogP contribution in [0.2, 0.25) is 0 Å². The van der Waals surface area contributed by atoms with Crippen molar-refractivity contribution in [2.45, 2.75) is 53.0 Å². The van der Waals surface area contributed by atoms with Crippen molar-refractivity contribution in [1.82, 2.24) is 20.2 Å². The molecule has 1 saturated heterocycles. The first-order chi connectivity index (χ1) is 11.8. The molecule has 2 N–H and O–H groups in total. The maximum Gasteiger partial charge on any atom is 0.194 e. The van der Waals surface area contributed by atoms with Gasteiger partial charge in [-0.25, -0.2) is 4.98 Å². The standard InChI is InChI=1S/C20H31N5.HI/c1-6-21-18(25-14-19(2,3)20(25,4)5)22-13-9-12-17-23-15-10-7-8-11-16(15)24-17;/h7-8,10-11H,6,9,12-14H2,1-5H3,(H,21,22)(H,23,24);1H. The Hall–Kier alpha value is -1.31. The number of hydrogen-bond acceptors (Lipinski definition) is 2. The second-order valence-corrected chi connectivity index (χ2v) is 8.07. The number of nitrogens with zero attached hydrogens (tertiary/aromatic N) is 3. The fourth-order valence-corrected chi connectivity index (χ4v) is 3.35. The van der Waals surface area contributed by atoms with Crippen LogP contribution in [0.4, 0.5) is 0 Å². The molecular formula is C20H32IN5. The van der Waals surface area contributed by atoms with Gasteiger partial charge in [-0.15, -0.1) is 24.0 Å². The minimum atomic E-state index is 0. The minimum Gasteiger partial charge on any atom is -0.356 e. The lowest BCUT2D eigenvalue weighted by Crippen LogP contribution is -2.72. The van der Waals surface area contributed by atoms with E-state index in [0.717, 1.165) is 55.3 Å². The van der Waals surface area contributed by atoms with Gasteiger partial charge < -0.3 is 15.2 Å². The number of likely N-dealkylation sites (tertiary alicyclic amines) is 1. The molecule has 144 valence electrons. The number of halogens is 1. The first-order valence-corrected chi connectivity index (χ1v) is 9.35. The Bertz CT molecular complexity index is 729. The van der Waals surface area contributed by atoms with Crippen molar-refractivity contribution in [2.75, 3.05) is 19.6 Å². The van der Waals surface area contributed by atoms with Crippen molar-refractivity contribution in [3.63, 3.8) is 0 Å². The van der Waals surface area contributed by atoms with Crippen LogP contribution < -0.4 is 5.32 Å². The fraction of sp³-hybridized carbons (Fsp3) is 0.600. The molecule has 0 bridgehead atoms. The third-order valence-corrected chi connectivity index (χ3v) is 5.75. The van der Waals surface area contributed by atoms with Gasteiger partial charge >= 0.3 is 0 Å². The van der Waals surface area contributed by atoms with Gasteiger partial charge in [-0.2, -0.15) is 0 Å². The molecule has 2 heterocycles. The van der Waals surface area contributed by atoms with Gasteiger partial charge in [0.05, 0.1) is 11.0 Å². The molecule has 1 aliphatic rings. The van der Waals surface area contributed by atoms with Crippen molar-refractivity contribution in [2.24, 2.45) is 10.4 Å². The summed E-state index contributed by atoms with van der Waals surface area (Å²) >= 11 is 0. The van der Waals surface area contributed by atoms with Crippen LogP contribution in [0.15, 0.2) is 29.3 Å². The highest BCUT2D eigenvalue weighted by atomic mass is 127. The van der Waals surface area contributed by atoms with Crippen LogP contribution in [0.3, 0.4) is 0 Å². The lowest BCUT2D eigenvalue weighted by Gasteiger charge is -2.62. The van der Waals surface area contributed by atoms with Crippen LogP contribution in [0, 0.1) is 5.41 Å². The molecule has 6 heteroatoms. The maximum atomic E-state index is 4.86. The first-order valence-electron chi connectivity index (χ1n) is 9.35. The van der Waals surface area contributed by atoms with E-state index in [1.54, 1.807) is 0 Å². The second kappa shape index (κ2) is 8.15. The molecule has 1 aromatic carbocycles. The number of benzene rings is 1. The molecule has 26 heavy (non-hydrogen) atoms. The van der Waals surface area contributed by atoms with E-state index in [4.69, 9.17) is 4.99 Å². The highest BCUT2D eigenvalue weighted by molar-refractivity contribution is 14.0. The molecule has 3 rings (SSSR count). The molecule has 0 unspecified atom stereocenters. The Morgan fingerprint density at radius 1 is 1.27 bits per heavy atom. The molecule has 0 spiro atoms. The van der Waals surface area contributed by atoms with Crippen molar-refractivity contribution >= 4 is 41.0 Å². The Balaban J connectivity index is 0.00000243. The molecular weight excluding hydrogens is 437 g/mol. The minimum absolute atomic E-state index is 0. The van der Waals surface area contributed by atoms with Crippen molar-refractivity contribution in [3.05, 3.63) is 30.1 Å².